The fourth-order valence-corrected chi connectivity index (χ4v) is 2.02. The van der Waals surface area contributed by atoms with Crippen LogP contribution < -0.4 is 5.32 Å². The third kappa shape index (κ3) is 3.48. The Hall–Kier alpha value is -1.10. The number of nitrogens with one attached hydrogen (secondary N) is 1. The first kappa shape index (κ1) is 13.0. The fourth-order valence-electron chi connectivity index (χ4n) is 1.15. The van der Waals surface area contributed by atoms with Crippen LogP contribution >= 0.6 is 11.3 Å². The highest BCUT2D eigenvalue weighted by Crippen LogP contribution is 2.23. The third-order valence-corrected chi connectivity index (χ3v) is 3.01. The maximum atomic E-state index is 11.5. The van der Waals surface area contributed by atoms with Crippen molar-refractivity contribution in [2.75, 3.05) is 18.5 Å². The number of hydrogen-bond donors (Lipinski definition) is 1. The van der Waals surface area contributed by atoms with E-state index in [1.54, 1.807) is 6.92 Å². The lowest BCUT2D eigenvalue weighted by Crippen LogP contribution is -2.07. The zero-order chi connectivity index (χ0) is 12.1. The molecule has 4 nitrogen and oxygen atoms in total. The first-order valence-corrected chi connectivity index (χ1v) is 6.24. The number of rotatable bonds is 5. The van der Waals surface area contributed by atoms with Crippen molar-refractivity contribution in [2.45, 2.75) is 27.7 Å². The minimum Gasteiger partial charge on any atom is -0.462 e. The molecule has 0 fully saturated rings. The first-order chi connectivity index (χ1) is 7.54. The van der Waals surface area contributed by atoms with Crippen molar-refractivity contribution in [3.8, 4) is 0 Å². The van der Waals surface area contributed by atoms with Gasteiger partial charge in [0.2, 0.25) is 0 Å². The summed E-state index contributed by atoms with van der Waals surface area (Å²) in [6.07, 6.45) is 0. The van der Waals surface area contributed by atoms with Crippen LogP contribution in [0.2, 0.25) is 0 Å². The number of carbonyl (C=O) groups is 1. The molecule has 1 aromatic rings. The van der Waals surface area contributed by atoms with E-state index in [1.165, 1.54) is 11.3 Å². The van der Waals surface area contributed by atoms with Gasteiger partial charge in [0.25, 0.3) is 0 Å². The molecule has 1 N–H and O–H groups in total. The molecule has 0 spiro atoms. The van der Waals surface area contributed by atoms with Crippen LogP contribution in [0.4, 0.5) is 5.13 Å². The minimum absolute atomic E-state index is 0.282. The Morgan fingerprint density at radius 2 is 2.25 bits per heavy atom. The molecule has 5 heteroatoms. The quantitative estimate of drug-likeness (QED) is 0.807. The summed E-state index contributed by atoms with van der Waals surface area (Å²) in [5.74, 6) is 0.269. The Kier molecular flexibility index (Phi) is 4.73. The van der Waals surface area contributed by atoms with Crippen LogP contribution in [-0.2, 0) is 4.74 Å². The molecule has 0 bridgehead atoms. The maximum absolute atomic E-state index is 11.5. The molecule has 1 heterocycles. The molecular weight excluding hydrogens is 224 g/mol. The van der Waals surface area contributed by atoms with E-state index in [0.29, 0.717) is 17.4 Å². The molecule has 90 valence electrons. The van der Waals surface area contributed by atoms with Gasteiger partial charge in [0.15, 0.2) is 5.13 Å². The van der Waals surface area contributed by atoms with E-state index >= 15 is 0 Å². The van der Waals surface area contributed by atoms with E-state index in [2.05, 4.69) is 24.1 Å². The SMILES string of the molecule is CCOC(=O)c1sc(NCC(C)C)nc1C. The van der Waals surface area contributed by atoms with Gasteiger partial charge in [-0.3, -0.25) is 0 Å². The average Bonchev–Trinajstić information content (AvgIpc) is 2.57. The molecule has 0 aromatic carbocycles. The van der Waals surface area contributed by atoms with Gasteiger partial charge < -0.3 is 10.1 Å². The maximum Gasteiger partial charge on any atom is 0.350 e. The van der Waals surface area contributed by atoms with Gasteiger partial charge >= 0.3 is 5.97 Å². The smallest absolute Gasteiger partial charge is 0.350 e. The van der Waals surface area contributed by atoms with Gasteiger partial charge in [-0.2, -0.15) is 0 Å². The van der Waals surface area contributed by atoms with E-state index < -0.39 is 0 Å². The molecular formula is C11H18N2O2S. The predicted molar refractivity (Wildman–Crippen MR) is 66.1 cm³/mol. The molecule has 0 aliphatic rings. The second-order valence-corrected chi connectivity index (χ2v) is 4.93. The van der Waals surface area contributed by atoms with Crippen molar-refractivity contribution < 1.29 is 9.53 Å². The van der Waals surface area contributed by atoms with Crippen LogP contribution in [0.3, 0.4) is 0 Å². The van der Waals surface area contributed by atoms with E-state index in [0.717, 1.165) is 17.4 Å². The highest BCUT2D eigenvalue weighted by Gasteiger charge is 2.15. The van der Waals surface area contributed by atoms with Gasteiger partial charge in [-0.25, -0.2) is 9.78 Å². The molecule has 0 unspecified atom stereocenters. The molecule has 0 saturated carbocycles. The lowest BCUT2D eigenvalue weighted by molar-refractivity contribution is 0.0531. The summed E-state index contributed by atoms with van der Waals surface area (Å²) in [5, 5.41) is 3.99. The van der Waals surface area contributed by atoms with Gasteiger partial charge in [-0.15, -0.1) is 0 Å². The number of ether oxygens (including phenoxy) is 1. The molecule has 0 saturated heterocycles. The summed E-state index contributed by atoms with van der Waals surface area (Å²) in [7, 11) is 0. The highest BCUT2D eigenvalue weighted by atomic mass is 32.1. The van der Waals surface area contributed by atoms with Crippen molar-refractivity contribution in [3.05, 3.63) is 10.6 Å². The Balaban J connectivity index is 2.69. The van der Waals surface area contributed by atoms with Crippen molar-refractivity contribution in [2.24, 2.45) is 5.92 Å². The Bertz CT molecular complexity index is 361. The molecule has 0 atom stereocenters. The predicted octanol–water partition coefficient (Wildman–Crippen LogP) is 2.70. The van der Waals surface area contributed by atoms with E-state index in [1.807, 2.05) is 6.92 Å². The summed E-state index contributed by atoms with van der Waals surface area (Å²) < 4.78 is 4.95. The van der Waals surface area contributed by atoms with Gasteiger partial charge in [-0.1, -0.05) is 25.2 Å². The second-order valence-electron chi connectivity index (χ2n) is 3.93. The Morgan fingerprint density at radius 1 is 1.56 bits per heavy atom. The lowest BCUT2D eigenvalue weighted by Gasteiger charge is -2.04. The average molecular weight is 242 g/mol. The largest absolute Gasteiger partial charge is 0.462 e. The monoisotopic (exact) mass is 242 g/mol. The van der Waals surface area contributed by atoms with Crippen LogP contribution in [0.1, 0.15) is 36.1 Å². The summed E-state index contributed by atoms with van der Waals surface area (Å²) in [4.78, 5) is 16.4. The van der Waals surface area contributed by atoms with Gasteiger partial charge in [-0.05, 0) is 19.8 Å². The van der Waals surface area contributed by atoms with Crippen LogP contribution in [0, 0.1) is 12.8 Å². The number of hydrogen-bond acceptors (Lipinski definition) is 5. The summed E-state index contributed by atoms with van der Waals surface area (Å²) in [6.45, 7) is 9.12. The number of esters is 1. The summed E-state index contributed by atoms with van der Waals surface area (Å²) in [5.41, 5.74) is 0.731. The fraction of sp³-hybridized carbons (Fsp3) is 0.636. The van der Waals surface area contributed by atoms with Crippen molar-refractivity contribution in [1.82, 2.24) is 4.98 Å². The van der Waals surface area contributed by atoms with Gasteiger partial charge in [0.1, 0.15) is 4.88 Å². The number of aromatic nitrogens is 1. The highest BCUT2D eigenvalue weighted by molar-refractivity contribution is 7.17. The molecule has 1 rings (SSSR count). The first-order valence-electron chi connectivity index (χ1n) is 5.43. The lowest BCUT2D eigenvalue weighted by atomic mass is 10.2. The Labute approximate surface area is 100 Å². The minimum atomic E-state index is -0.282. The Morgan fingerprint density at radius 3 is 2.81 bits per heavy atom. The number of anilines is 1. The zero-order valence-corrected chi connectivity index (χ0v) is 11.0. The van der Waals surface area contributed by atoms with Crippen LogP contribution in [0.15, 0.2) is 0 Å². The van der Waals surface area contributed by atoms with Crippen LogP contribution in [0.5, 0.6) is 0 Å². The molecule has 0 aliphatic heterocycles. The second kappa shape index (κ2) is 5.84. The zero-order valence-electron chi connectivity index (χ0n) is 10.2. The number of carbonyl (C=O) groups excluding carboxylic acids is 1. The number of nitrogens with zero attached hydrogens (tertiary/aromatic N) is 1. The number of aryl methyl sites for hydroxylation is 1. The van der Waals surface area contributed by atoms with Crippen molar-refractivity contribution in [3.63, 3.8) is 0 Å². The number of thiazole rings is 1. The normalized spacial score (nSPS) is 10.6. The standard InChI is InChI=1S/C11H18N2O2S/c1-5-15-10(14)9-8(4)13-11(16-9)12-6-7(2)3/h7H,5-6H2,1-4H3,(H,12,13). The topological polar surface area (TPSA) is 51.2 Å². The van der Waals surface area contributed by atoms with Crippen LogP contribution in [-0.4, -0.2) is 24.1 Å². The third-order valence-electron chi connectivity index (χ3n) is 1.92. The summed E-state index contributed by atoms with van der Waals surface area (Å²) in [6, 6.07) is 0. The van der Waals surface area contributed by atoms with Crippen molar-refractivity contribution >= 4 is 22.4 Å². The van der Waals surface area contributed by atoms with Gasteiger partial charge in [0, 0.05) is 6.54 Å². The van der Waals surface area contributed by atoms with E-state index in [4.69, 9.17) is 4.74 Å². The molecule has 0 radical (unpaired) electrons. The van der Waals surface area contributed by atoms with E-state index in [9.17, 15) is 4.79 Å². The van der Waals surface area contributed by atoms with E-state index in [-0.39, 0.29) is 5.97 Å². The molecule has 0 aliphatic carbocycles. The molecule has 16 heavy (non-hydrogen) atoms. The summed E-state index contributed by atoms with van der Waals surface area (Å²) >= 11 is 1.35. The molecule has 1 aromatic heterocycles. The van der Waals surface area contributed by atoms with Crippen molar-refractivity contribution in [1.29, 1.82) is 0 Å². The van der Waals surface area contributed by atoms with Crippen LogP contribution in [0.25, 0.3) is 0 Å². The molecule has 0 amide bonds. The van der Waals surface area contributed by atoms with Gasteiger partial charge in [0.05, 0.1) is 12.3 Å².